The van der Waals surface area contributed by atoms with Crippen molar-refractivity contribution in [3.8, 4) is 0 Å². The first-order chi connectivity index (χ1) is 7.93. The summed E-state index contributed by atoms with van der Waals surface area (Å²) in [6, 6.07) is 8.62. The minimum Gasteiger partial charge on any atom is -0.396 e. The molecule has 0 saturated carbocycles. The summed E-state index contributed by atoms with van der Waals surface area (Å²) in [4.78, 5) is 0. The molecule has 1 atom stereocenters. The normalized spacial score (nSPS) is 13.7. The Kier molecular flexibility index (Phi) is 5.63. The van der Waals surface area contributed by atoms with Gasteiger partial charge in [-0.3, -0.25) is 0 Å². The fraction of sp³-hybridized carbons (Fsp3) is 0.571. The first kappa shape index (κ1) is 14.7. The van der Waals surface area contributed by atoms with Crippen molar-refractivity contribution in [3.05, 3.63) is 34.3 Å². The molecule has 1 aromatic rings. The summed E-state index contributed by atoms with van der Waals surface area (Å²) in [6.45, 7) is 7.65. The van der Waals surface area contributed by atoms with Gasteiger partial charge in [0.2, 0.25) is 0 Å². The number of hydrogen-bond acceptors (Lipinski definition) is 2. The Labute approximate surface area is 113 Å². The second kappa shape index (κ2) is 6.53. The zero-order valence-corrected chi connectivity index (χ0v) is 12.4. The van der Waals surface area contributed by atoms with E-state index in [-0.39, 0.29) is 12.0 Å². The molecule has 3 heteroatoms. The average Bonchev–Trinajstić information content (AvgIpc) is 2.22. The molecular formula is C14H22BrNO. The van der Waals surface area contributed by atoms with E-state index in [0.717, 1.165) is 17.4 Å². The molecule has 0 heterocycles. The molecule has 0 aliphatic carbocycles. The lowest BCUT2D eigenvalue weighted by Crippen LogP contribution is -2.40. The number of halogens is 1. The van der Waals surface area contributed by atoms with Crippen LogP contribution in [0.3, 0.4) is 0 Å². The minimum absolute atomic E-state index is 0.161. The summed E-state index contributed by atoms with van der Waals surface area (Å²) < 4.78 is 1.10. The molecule has 96 valence electrons. The molecule has 2 N–H and O–H groups in total. The van der Waals surface area contributed by atoms with Crippen molar-refractivity contribution in [2.75, 3.05) is 6.61 Å². The van der Waals surface area contributed by atoms with E-state index in [1.807, 2.05) is 12.1 Å². The lowest BCUT2D eigenvalue weighted by atomic mass is 9.85. The molecule has 0 fully saturated rings. The molecule has 1 unspecified atom stereocenters. The van der Waals surface area contributed by atoms with Gasteiger partial charge in [0.15, 0.2) is 0 Å². The highest BCUT2D eigenvalue weighted by molar-refractivity contribution is 9.10. The van der Waals surface area contributed by atoms with Crippen molar-refractivity contribution >= 4 is 15.9 Å². The van der Waals surface area contributed by atoms with Crippen LogP contribution in [-0.2, 0) is 6.54 Å². The van der Waals surface area contributed by atoms with Gasteiger partial charge in [0.25, 0.3) is 0 Å². The van der Waals surface area contributed by atoms with E-state index in [4.69, 9.17) is 5.11 Å². The highest BCUT2D eigenvalue weighted by Crippen LogP contribution is 2.22. The SMILES string of the molecule is CC(C)(C)C(CCO)NCc1cccc(Br)c1. The maximum absolute atomic E-state index is 9.09. The van der Waals surface area contributed by atoms with Gasteiger partial charge in [-0.05, 0) is 29.5 Å². The third-order valence-corrected chi connectivity index (χ3v) is 3.40. The molecule has 1 rings (SSSR count). The van der Waals surface area contributed by atoms with Crippen LogP contribution in [0.1, 0.15) is 32.8 Å². The monoisotopic (exact) mass is 299 g/mol. The molecule has 2 nitrogen and oxygen atoms in total. The maximum Gasteiger partial charge on any atom is 0.0446 e. The zero-order valence-electron chi connectivity index (χ0n) is 10.8. The number of aliphatic hydroxyl groups excluding tert-OH is 1. The second-order valence-corrected chi connectivity index (χ2v) is 6.36. The van der Waals surface area contributed by atoms with Gasteiger partial charge in [-0.15, -0.1) is 0 Å². The van der Waals surface area contributed by atoms with Gasteiger partial charge in [0.05, 0.1) is 0 Å². The van der Waals surface area contributed by atoms with Crippen LogP contribution in [0.25, 0.3) is 0 Å². The number of nitrogens with one attached hydrogen (secondary N) is 1. The molecular weight excluding hydrogens is 278 g/mol. The highest BCUT2D eigenvalue weighted by atomic mass is 79.9. The molecule has 0 bridgehead atoms. The summed E-state index contributed by atoms with van der Waals surface area (Å²) in [5, 5.41) is 12.6. The fourth-order valence-corrected chi connectivity index (χ4v) is 2.30. The van der Waals surface area contributed by atoms with Crippen LogP contribution in [0.4, 0.5) is 0 Å². The van der Waals surface area contributed by atoms with E-state index in [9.17, 15) is 0 Å². The van der Waals surface area contributed by atoms with Crippen molar-refractivity contribution in [3.63, 3.8) is 0 Å². The molecule has 17 heavy (non-hydrogen) atoms. The third-order valence-electron chi connectivity index (χ3n) is 2.90. The molecule has 0 aliphatic rings. The van der Waals surface area contributed by atoms with Crippen molar-refractivity contribution in [1.29, 1.82) is 0 Å². The maximum atomic E-state index is 9.09. The number of hydrogen-bond donors (Lipinski definition) is 2. The molecule has 0 spiro atoms. The van der Waals surface area contributed by atoms with Gasteiger partial charge in [-0.2, -0.15) is 0 Å². The van der Waals surface area contributed by atoms with E-state index in [1.165, 1.54) is 5.56 Å². The van der Waals surface area contributed by atoms with Gasteiger partial charge in [0, 0.05) is 23.7 Å². The zero-order chi connectivity index (χ0) is 12.9. The van der Waals surface area contributed by atoms with Crippen molar-refractivity contribution in [2.45, 2.75) is 39.8 Å². The molecule has 0 aromatic heterocycles. The number of rotatable bonds is 5. The topological polar surface area (TPSA) is 32.3 Å². The second-order valence-electron chi connectivity index (χ2n) is 5.44. The summed E-state index contributed by atoms with van der Waals surface area (Å²) in [6.07, 6.45) is 0.789. The number of aliphatic hydroxyl groups is 1. The summed E-state index contributed by atoms with van der Waals surface area (Å²) in [5.74, 6) is 0. The van der Waals surface area contributed by atoms with Gasteiger partial charge < -0.3 is 10.4 Å². The third kappa shape index (κ3) is 5.19. The largest absolute Gasteiger partial charge is 0.396 e. The Morgan fingerprint density at radius 1 is 1.35 bits per heavy atom. The van der Waals surface area contributed by atoms with Gasteiger partial charge in [-0.25, -0.2) is 0 Å². The molecule has 1 aromatic carbocycles. The van der Waals surface area contributed by atoms with Crippen LogP contribution in [-0.4, -0.2) is 17.8 Å². The predicted octanol–water partition coefficient (Wildman–Crippen LogP) is 3.34. The van der Waals surface area contributed by atoms with Gasteiger partial charge in [-0.1, -0.05) is 48.8 Å². The van der Waals surface area contributed by atoms with Crippen LogP contribution in [0.2, 0.25) is 0 Å². The van der Waals surface area contributed by atoms with Gasteiger partial charge in [0.1, 0.15) is 0 Å². The quantitative estimate of drug-likeness (QED) is 0.874. The van der Waals surface area contributed by atoms with E-state index >= 15 is 0 Å². The summed E-state index contributed by atoms with van der Waals surface area (Å²) in [5.41, 5.74) is 1.42. The smallest absolute Gasteiger partial charge is 0.0446 e. The Bertz CT molecular complexity index is 346. The summed E-state index contributed by atoms with van der Waals surface area (Å²) in [7, 11) is 0. The Balaban J connectivity index is 2.58. The Morgan fingerprint density at radius 3 is 2.59 bits per heavy atom. The van der Waals surface area contributed by atoms with E-state index < -0.39 is 0 Å². The molecule has 0 amide bonds. The molecule has 0 saturated heterocycles. The van der Waals surface area contributed by atoms with E-state index in [2.05, 4.69) is 54.2 Å². The molecule has 0 aliphatic heterocycles. The number of benzene rings is 1. The lowest BCUT2D eigenvalue weighted by Gasteiger charge is -2.31. The predicted molar refractivity (Wildman–Crippen MR) is 75.9 cm³/mol. The van der Waals surface area contributed by atoms with E-state index in [1.54, 1.807) is 0 Å². The average molecular weight is 300 g/mol. The van der Waals surface area contributed by atoms with Crippen molar-refractivity contribution < 1.29 is 5.11 Å². The highest BCUT2D eigenvalue weighted by Gasteiger charge is 2.23. The summed E-state index contributed by atoms with van der Waals surface area (Å²) >= 11 is 3.47. The Morgan fingerprint density at radius 2 is 2.06 bits per heavy atom. The first-order valence-corrected chi connectivity index (χ1v) is 6.81. The van der Waals surface area contributed by atoms with Crippen molar-refractivity contribution in [1.82, 2.24) is 5.32 Å². The van der Waals surface area contributed by atoms with E-state index in [0.29, 0.717) is 6.04 Å². The van der Waals surface area contributed by atoms with Crippen LogP contribution in [0, 0.1) is 5.41 Å². The molecule has 0 radical (unpaired) electrons. The minimum atomic E-state index is 0.161. The van der Waals surface area contributed by atoms with Crippen LogP contribution >= 0.6 is 15.9 Å². The van der Waals surface area contributed by atoms with Crippen LogP contribution in [0.15, 0.2) is 28.7 Å². The van der Waals surface area contributed by atoms with Crippen LogP contribution in [0.5, 0.6) is 0 Å². The fourth-order valence-electron chi connectivity index (χ4n) is 1.86. The van der Waals surface area contributed by atoms with Crippen LogP contribution < -0.4 is 5.32 Å². The van der Waals surface area contributed by atoms with Gasteiger partial charge >= 0.3 is 0 Å². The first-order valence-electron chi connectivity index (χ1n) is 6.02. The lowest BCUT2D eigenvalue weighted by molar-refractivity contribution is 0.196. The van der Waals surface area contributed by atoms with Crippen molar-refractivity contribution in [2.24, 2.45) is 5.41 Å². The standard InChI is InChI=1S/C14H22BrNO/c1-14(2,3)13(7-8-17)16-10-11-5-4-6-12(15)9-11/h4-6,9,13,16-17H,7-8,10H2,1-3H3. The Hall–Kier alpha value is -0.380.